The Kier molecular flexibility index (Phi) is 8.21. The maximum atomic E-state index is 12.1. The number of hydrogen-bond acceptors (Lipinski definition) is 5. The molecule has 0 unspecified atom stereocenters. The molecule has 6 nitrogen and oxygen atoms in total. The number of ether oxygens (including phenoxy) is 4. The van der Waals surface area contributed by atoms with E-state index in [1.807, 2.05) is 0 Å². The number of rotatable bonds is 9. The van der Waals surface area contributed by atoms with Crippen LogP contribution in [-0.4, -0.2) is 56.9 Å². The molecule has 1 saturated heterocycles. The first-order valence-electron chi connectivity index (χ1n) is 9.88. The molecule has 0 aromatic heterocycles. The summed E-state index contributed by atoms with van der Waals surface area (Å²) in [6, 6.07) is 6.67. The number of halogens is 4. The molecule has 1 saturated carbocycles. The fourth-order valence-electron chi connectivity index (χ4n) is 3.46. The molecule has 3 rings (SSSR count). The quantitative estimate of drug-likeness (QED) is 0.620. The van der Waals surface area contributed by atoms with Gasteiger partial charge in [0.25, 0.3) is 5.91 Å². The largest absolute Gasteiger partial charge is 0.522 e. The van der Waals surface area contributed by atoms with Gasteiger partial charge in [0.2, 0.25) is 0 Å². The van der Waals surface area contributed by atoms with Crippen LogP contribution in [0.4, 0.5) is 13.2 Å². The summed E-state index contributed by atoms with van der Waals surface area (Å²) in [4.78, 5) is 12.0. The minimum Gasteiger partial charge on any atom is -0.484 e. The third-order valence-corrected chi connectivity index (χ3v) is 5.32. The highest BCUT2D eigenvalue weighted by Gasteiger charge is 2.40. The Morgan fingerprint density at radius 2 is 1.90 bits per heavy atom. The van der Waals surface area contributed by atoms with Crippen molar-refractivity contribution in [1.29, 1.82) is 0 Å². The zero-order valence-corrected chi connectivity index (χ0v) is 17.1. The van der Waals surface area contributed by atoms with Gasteiger partial charge < -0.3 is 19.5 Å². The van der Waals surface area contributed by atoms with Crippen LogP contribution in [0.15, 0.2) is 24.3 Å². The molecule has 1 N–H and O–H groups in total. The van der Waals surface area contributed by atoms with E-state index in [9.17, 15) is 18.0 Å². The van der Waals surface area contributed by atoms with Gasteiger partial charge in [-0.25, -0.2) is 0 Å². The van der Waals surface area contributed by atoms with Gasteiger partial charge in [0.05, 0.1) is 31.5 Å². The lowest BCUT2D eigenvalue weighted by Crippen LogP contribution is -2.45. The van der Waals surface area contributed by atoms with Crippen molar-refractivity contribution in [3.05, 3.63) is 29.3 Å². The monoisotopic (exact) mass is 451 g/mol. The van der Waals surface area contributed by atoms with Gasteiger partial charge in [0, 0.05) is 11.6 Å². The smallest absolute Gasteiger partial charge is 0.484 e. The summed E-state index contributed by atoms with van der Waals surface area (Å²) in [5, 5.41) is 3.47. The van der Waals surface area contributed by atoms with Crippen molar-refractivity contribution in [2.45, 2.75) is 50.3 Å². The average molecular weight is 452 g/mol. The van der Waals surface area contributed by atoms with E-state index in [0.717, 1.165) is 12.8 Å². The van der Waals surface area contributed by atoms with E-state index < -0.39 is 12.5 Å². The van der Waals surface area contributed by atoms with Gasteiger partial charge in [-0.3, -0.25) is 9.53 Å². The molecule has 168 valence electrons. The van der Waals surface area contributed by atoms with Crippen molar-refractivity contribution in [3.63, 3.8) is 0 Å². The predicted octanol–water partition coefficient (Wildman–Crippen LogP) is 3.71. The van der Waals surface area contributed by atoms with E-state index in [0.29, 0.717) is 43.4 Å². The molecule has 0 radical (unpaired) electrons. The minimum atomic E-state index is -4.57. The second kappa shape index (κ2) is 10.7. The summed E-state index contributed by atoms with van der Waals surface area (Å²) in [5.41, 5.74) is 0. The van der Waals surface area contributed by atoms with E-state index in [2.05, 4.69) is 10.1 Å². The molecule has 1 heterocycles. The molecule has 2 fully saturated rings. The lowest BCUT2D eigenvalue weighted by Gasteiger charge is -2.35. The summed E-state index contributed by atoms with van der Waals surface area (Å²) in [7, 11) is 0. The first-order chi connectivity index (χ1) is 14.3. The van der Waals surface area contributed by atoms with Crippen LogP contribution in [0, 0.1) is 5.92 Å². The van der Waals surface area contributed by atoms with Gasteiger partial charge in [-0.2, -0.15) is 0 Å². The highest BCUT2D eigenvalue weighted by atomic mass is 35.5. The van der Waals surface area contributed by atoms with Crippen molar-refractivity contribution in [2.24, 2.45) is 5.92 Å². The summed E-state index contributed by atoms with van der Waals surface area (Å²) in [6.07, 6.45) is -3.20. The molecule has 2 aliphatic rings. The molecular formula is C20H25ClF3NO5. The predicted molar refractivity (Wildman–Crippen MR) is 102 cm³/mol. The van der Waals surface area contributed by atoms with Crippen LogP contribution in [0.1, 0.15) is 25.7 Å². The molecule has 0 bridgehead atoms. The number of carbonyl (C=O) groups excluding carboxylic acids is 1. The first kappa shape index (κ1) is 23.1. The lowest BCUT2D eigenvalue weighted by atomic mass is 9.83. The van der Waals surface area contributed by atoms with Gasteiger partial charge in [-0.1, -0.05) is 11.6 Å². The average Bonchev–Trinajstić information content (AvgIpc) is 2.66. The Bertz CT molecular complexity index is 674. The van der Waals surface area contributed by atoms with E-state index in [-0.39, 0.29) is 30.6 Å². The Balaban J connectivity index is 1.22. The fraction of sp³-hybridized carbons (Fsp3) is 0.650. The molecule has 1 aromatic rings. The standard InChI is InChI=1S/C20H25ClF3NO5/c21-14-1-4-16(5-2-14)29-12-19(26)25-15-3-6-17(28-10-15)11-27-9-13-7-18(8-13)30-20(22,23)24/h1-2,4-5,13,15,17-18H,3,6-12H2,(H,25,26)/t13-,15-,17+,18+/m1/s1. The van der Waals surface area contributed by atoms with Gasteiger partial charge >= 0.3 is 6.36 Å². The number of hydrogen-bond donors (Lipinski definition) is 1. The van der Waals surface area contributed by atoms with Gasteiger partial charge in [-0.05, 0) is 55.9 Å². The Morgan fingerprint density at radius 3 is 2.53 bits per heavy atom. The van der Waals surface area contributed by atoms with Crippen LogP contribution in [-0.2, 0) is 19.0 Å². The maximum Gasteiger partial charge on any atom is 0.522 e. The third kappa shape index (κ3) is 7.94. The van der Waals surface area contributed by atoms with Crippen molar-refractivity contribution < 1.29 is 36.9 Å². The molecule has 0 spiro atoms. The highest BCUT2D eigenvalue weighted by Crippen LogP contribution is 2.34. The lowest BCUT2D eigenvalue weighted by molar-refractivity contribution is -0.355. The molecule has 1 amide bonds. The van der Waals surface area contributed by atoms with Crippen LogP contribution in [0.5, 0.6) is 5.75 Å². The van der Waals surface area contributed by atoms with Crippen LogP contribution in [0.3, 0.4) is 0 Å². The Labute approximate surface area is 177 Å². The van der Waals surface area contributed by atoms with E-state index >= 15 is 0 Å². The SMILES string of the molecule is O=C(COc1ccc(Cl)cc1)N[C@@H]1CC[C@@H](COC[C@H]2C[C@@H](OC(F)(F)F)C2)OC1. The fourth-order valence-corrected chi connectivity index (χ4v) is 3.59. The number of carbonyl (C=O) groups is 1. The molecule has 1 aliphatic carbocycles. The van der Waals surface area contributed by atoms with Gasteiger partial charge in [0.15, 0.2) is 6.61 Å². The summed E-state index contributed by atoms with van der Waals surface area (Å²) >= 11 is 5.80. The van der Waals surface area contributed by atoms with Crippen LogP contribution in [0.25, 0.3) is 0 Å². The van der Waals surface area contributed by atoms with E-state index in [1.165, 1.54) is 0 Å². The normalized spacial score (nSPS) is 26.7. The Morgan fingerprint density at radius 1 is 1.17 bits per heavy atom. The van der Waals surface area contributed by atoms with Crippen LogP contribution in [0.2, 0.25) is 5.02 Å². The van der Waals surface area contributed by atoms with E-state index in [1.54, 1.807) is 24.3 Å². The number of nitrogens with one attached hydrogen (secondary N) is 1. The molecule has 1 aromatic carbocycles. The van der Waals surface area contributed by atoms with Crippen LogP contribution >= 0.6 is 11.6 Å². The van der Waals surface area contributed by atoms with Crippen molar-refractivity contribution in [1.82, 2.24) is 5.32 Å². The summed E-state index contributed by atoms with van der Waals surface area (Å²) < 4.78 is 56.9. The molecule has 1 aliphatic heterocycles. The molecule has 10 heteroatoms. The van der Waals surface area contributed by atoms with Gasteiger partial charge in [-0.15, -0.1) is 13.2 Å². The van der Waals surface area contributed by atoms with Crippen molar-refractivity contribution in [2.75, 3.05) is 26.4 Å². The van der Waals surface area contributed by atoms with Gasteiger partial charge in [0.1, 0.15) is 5.75 Å². The number of amides is 1. The maximum absolute atomic E-state index is 12.1. The number of alkyl halides is 3. The highest BCUT2D eigenvalue weighted by molar-refractivity contribution is 6.30. The minimum absolute atomic E-state index is 0.0780. The van der Waals surface area contributed by atoms with Crippen molar-refractivity contribution in [3.8, 4) is 5.75 Å². The summed E-state index contributed by atoms with van der Waals surface area (Å²) in [6.45, 7) is 1.08. The third-order valence-electron chi connectivity index (χ3n) is 5.07. The zero-order chi connectivity index (χ0) is 21.6. The molecule has 2 atom stereocenters. The first-order valence-corrected chi connectivity index (χ1v) is 10.3. The number of benzene rings is 1. The second-order valence-electron chi connectivity index (χ2n) is 7.60. The Hall–Kier alpha value is -1.55. The second-order valence-corrected chi connectivity index (χ2v) is 8.04. The molecular weight excluding hydrogens is 427 g/mol. The summed E-state index contributed by atoms with van der Waals surface area (Å²) in [5.74, 6) is 0.428. The van der Waals surface area contributed by atoms with Crippen molar-refractivity contribution >= 4 is 17.5 Å². The topological polar surface area (TPSA) is 66.0 Å². The zero-order valence-electron chi connectivity index (χ0n) is 16.3. The molecule has 30 heavy (non-hydrogen) atoms. The van der Waals surface area contributed by atoms with Crippen LogP contribution < -0.4 is 10.1 Å². The van der Waals surface area contributed by atoms with E-state index in [4.69, 9.17) is 25.8 Å².